The van der Waals surface area contributed by atoms with Crippen molar-refractivity contribution < 1.29 is 0 Å². The van der Waals surface area contributed by atoms with Crippen LogP contribution in [0.4, 0.5) is 0 Å². The van der Waals surface area contributed by atoms with Gasteiger partial charge < -0.3 is 16.4 Å². The Kier molecular flexibility index (Phi) is 6.00. The molecular weight excluding hydrogens is 258 g/mol. The summed E-state index contributed by atoms with van der Waals surface area (Å²) < 4.78 is 0. The summed E-state index contributed by atoms with van der Waals surface area (Å²) in [7, 11) is 0. The van der Waals surface area contributed by atoms with Gasteiger partial charge in [-0.1, -0.05) is 67.2 Å². The predicted octanol–water partition coefficient (Wildman–Crippen LogP) is 2.41. The molecule has 3 heteroatoms. The zero-order valence-corrected chi connectivity index (χ0v) is 12.3. The van der Waals surface area contributed by atoms with Gasteiger partial charge in [-0.05, 0) is 11.1 Å². The average molecular weight is 281 g/mol. The number of nitrogens with two attached hydrogens (primary N) is 1. The zero-order valence-electron chi connectivity index (χ0n) is 12.3. The molecule has 110 valence electrons. The molecule has 2 aromatic carbocycles. The van der Waals surface area contributed by atoms with E-state index in [0.717, 1.165) is 19.6 Å². The number of hydrogen-bond donors (Lipinski definition) is 3. The second-order valence-corrected chi connectivity index (χ2v) is 5.11. The third-order valence-corrected chi connectivity index (χ3v) is 3.36. The van der Waals surface area contributed by atoms with Crippen LogP contribution in [0.25, 0.3) is 0 Å². The molecule has 0 saturated heterocycles. The molecule has 0 aromatic heterocycles. The Balaban J connectivity index is 1.78. The number of benzene rings is 2. The zero-order chi connectivity index (χ0) is 14.9. The van der Waals surface area contributed by atoms with E-state index in [2.05, 4.69) is 41.5 Å². The highest BCUT2D eigenvalue weighted by Gasteiger charge is 2.09. The molecule has 0 aliphatic rings. The van der Waals surface area contributed by atoms with Crippen molar-refractivity contribution in [1.29, 1.82) is 0 Å². The van der Waals surface area contributed by atoms with Crippen LogP contribution in [-0.4, -0.2) is 12.6 Å². The van der Waals surface area contributed by atoms with Crippen molar-refractivity contribution in [1.82, 2.24) is 10.6 Å². The number of hydrogen-bond acceptors (Lipinski definition) is 3. The molecule has 0 radical (unpaired) electrons. The van der Waals surface area contributed by atoms with Crippen LogP contribution in [0.3, 0.4) is 0 Å². The molecule has 2 aromatic rings. The van der Waals surface area contributed by atoms with Crippen molar-refractivity contribution in [3.05, 3.63) is 84.1 Å². The highest BCUT2D eigenvalue weighted by Crippen LogP contribution is 2.01. The minimum absolute atomic E-state index is 0.0638. The molecule has 1 unspecified atom stereocenters. The lowest BCUT2D eigenvalue weighted by molar-refractivity contribution is 0.516. The fourth-order valence-corrected chi connectivity index (χ4v) is 2.13. The number of nitrogens with one attached hydrogen (secondary N) is 2. The Labute approximate surface area is 126 Å². The van der Waals surface area contributed by atoms with Crippen LogP contribution >= 0.6 is 0 Å². The third kappa shape index (κ3) is 5.42. The average Bonchev–Trinajstić information content (AvgIpc) is 2.52. The Morgan fingerprint density at radius 2 is 1.43 bits per heavy atom. The predicted molar refractivity (Wildman–Crippen MR) is 88.5 cm³/mol. The van der Waals surface area contributed by atoms with Crippen molar-refractivity contribution in [2.24, 2.45) is 5.73 Å². The van der Waals surface area contributed by atoms with E-state index < -0.39 is 0 Å². The van der Waals surface area contributed by atoms with Gasteiger partial charge in [-0.25, -0.2) is 0 Å². The van der Waals surface area contributed by atoms with Gasteiger partial charge in [0.05, 0.1) is 6.04 Å². The maximum atomic E-state index is 5.88. The van der Waals surface area contributed by atoms with Gasteiger partial charge in [-0.3, -0.25) is 0 Å². The van der Waals surface area contributed by atoms with E-state index in [0.29, 0.717) is 5.70 Å². The summed E-state index contributed by atoms with van der Waals surface area (Å²) in [6.07, 6.45) is 0. The van der Waals surface area contributed by atoms with Crippen molar-refractivity contribution >= 4 is 0 Å². The maximum absolute atomic E-state index is 5.88. The summed E-state index contributed by atoms with van der Waals surface area (Å²) in [5.41, 5.74) is 9.05. The Morgan fingerprint density at radius 1 is 0.905 bits per heavy atom. The summed E-state index contributed by atoms with van der Waals surface area (Å²) >= 11 is 0. The molecule has 2 rings (SSSR count). The largest absolute Gasteiger partial charge is 0.401 e. The summed E-state index contributed by atoms with van der Waals surface area (Å²) in [5, 5.41) is 6.85. The highest BCUT2D eigenvalue weighted by atomic mass is 15.0. The van der Waals surface area contributed by atoms with Gasteiger partial charge in [0, 0.05) is 25.3 Å². The molecule has 0 fully saturated rings. The lowest BCUT2D eigenvalue weighted by Crippen LogP contribution is -2.41. The summed E-state index contributed by atoms with van der Waals surface area (Å²) in [6.45, 7) is 6.25. The third-order valence-electron chi connectivity index (χ3n) is 3.36. The van der Waals surface area contributed by atoms with Crippen molar-refractivity contribution in [2.45, 2.75) is 19.1 Å². The van der Waals surface area contributed by atoms with Crippen LogP contribution in [0.15, 0.2) is 72.9 Å². The van der Waals surface area contributed by atoms with Crippen molar-refractivity contribution in [3.63, 3.8) is 0 Å². The van der Waals surface area contributed by atoms with Gasteiger partial charge >= 0.3 is 0 Å². The lowest BCUT2D eigenvalue weighted by Gasteiger charge is -2.19. The molecular formula is C18H23N3. The first-order valence-corrected chi connectivity index (χ1v) is 7.22. The van der Waals surface area contributed by atoms with E-state index >= 15 is 0 Å². The molecule has 0 aliphatic heterocycles. The fourth-order valence-electron chi connectivity index (χ4n) is 2.13. The Morgan fingerprint density at radius 3 is 1.95 bits per heavy atom. The smallest absolute Gasteiger partial charge is 0.0590 e. The van der Waals surface area contributed by atoms with E-state index in [1.54, 1.807) is 0 Å². The fraction of sp³-hybridized carbons (Fsp3) is 0.222. The minimum atomic E-state index is 0.0638. The lowest BCUT2D eigenvalue weighted by atomic mass is 10.1. The van der Waals surface area contributed by atoms with Gasteiger partial charge in [0.1, 0.15) is 0 Å². The molecule has 0 aliphatic carbocycles. The SMILES string of the molecule is C=C(N)C(CNCc1ccccc1)NCc1ccccc1. The molecule has 3 nitrogen and oxygen atoms in total. The van der Waals surface area contributed by atoms with E-state index in [-0.39, 0.29) is 6.04 Å². The highest BCUT2D eigenvalue weighted by molar-refractivity contribution is 5.16. The summed E-state index contributed by atoms with van der Waals surface area (Å²) in [6, 6.07) is 20.7. The van der Waals surface area contributed by atoms with Crippen molar-refractivity contribution in [2.75, 3.05) is 6.54 Å². The second-order valence-electron chi connectivity index (χ2n) is 5.11. The Bertz CT molecular complexity index is 537. The quantitative estimate of drug-likeness (QED) is 0.696. The Hall–Kier alpha value is -2.10. The van der Waals surface area contributed by atoms with Gasteiger partial charge in [-0.15, -0.1) is 0 Å². The first-order chi connectivity index (χ1) is 10.3. The van der Waals surface area contributed by atoms with Gasteiger partial charge in [0.15, 0.2) is 0 Å². The molecule has 4 N–H and O–H groups in total. The van der Waals surface area contributed by atoms with E-state index in [1.165, 1.54) is 11.1 Å². The van der Waals surface area contributed by atoms with Gasteiger partial charge in [0.2, 0.25) is 0 Å². The van der Waals surface area contributed by atoms with E-state index in [1.807, 2.05) is 36.4 Å². The molecule has 0 bridgehead atoms. The topological polar surface area (TPSA) is 50.1 Å². The van der Waals surface area contributed by atoms with Crippen LogP contribution in [0.1, 0.15) is 11.1 Å². The van der Waals surface area contributed by atoms with E-state index in [4.69, 9.17) is 5.73 Å². The maximum Gasteiger partial charge on any atom is 0.0590 e. The normalized spacial score (nSPS) is 12.0. The van der Waals surface area contributed by atoms with Crippen LogP contribution in [0.5, 0.6) is 0 Å². The van der Waals surface area contributed by atoms with Crippen molar-refractivity contribution in [3.8, 4) is 0 Å². The van der Waals surface area contributed by atoms with Gasteiger partial charge in [-0.2, -0.15) is 0 Å². The molecule has 0 amide bonds. The molecule has 21 heavy (non-hydrogen) atoms. The minimum Gasteiger partial charge on any atom is -0.401 e. The summed E-state index contributed by atoms with van der Waals surface area (Å²) in [5.74, 6) is 0. The van der Waals surface area contributed by atoms with Crippen LogP contribution in [-0.2, 0) is 13.1 Å². The van der Waals surface area contributed by atoms with Gasteiger partial charge in [0.25, 0.3) is 0 Å². The van der Waals surface area contributed by atoms with Crippen LogP contribution < -0.4 is 16.4 Å². The molecule has 0 spiro atoms. The first kappa shape index (κ1) is 15.3. The first-order valence-electron chi connectivity index (χ1n) is 7.22. The number of rotatable bonds is 8. The molecule has 0 saturated carbocycles. The standard InChI is InChI=1S/C18H23N3/c1-15(19)18(21-13-17-10-6-3-7-11-17)14-20-12-16-8-4-2-5-9-16/h2-11,18,20-21H,1,12-14,19H2. The van der Waals surface area contributed by atoms with E-state index in [9.17, 15) is 0 Å². The van der Waals surface area contributed by atoms with Crippen LogP contribution in [0.2, 0.25) is 0 Å². The molecule has 1 atom stereocenters. The second kappa shape index (κ2) is 8.25. The monoisotopic (exact) mass is 281 g/mol. The summed E-state index contributed by atoms with van der Waals surface area (Å²) in [4.78, 5) is 0. The van der Waals surface area contributed by atoms with Crippen LogP contribution in [0, 0.1) is 0 Å². The molecule has 0 heterocycles.